The fourth-order valence-electron chi connectivity index (χ4n) is 2.47. The average Bonchev–Trinajstić information content (AvgIpc) is 2.73. The van der Waals surface area contributed by atoms with E-state index in [-0.39, 0.29) is 24.7 Å². The number of halogens is 1. The molecule has 0 radical (unpaired) electrons. The third kappa shape index (κ3) is 6.23. The number of hydrogen-bond acceptors (Lipinski definition) is 6. The lowest BCUT2D eigenvalue weighted by Gasteiger charge is -2.09. The molecule has 7 nitrogen and oxygen atoms in total. The Hall–Kier alpha value is -3.04. The van der Waals surface area contributed by atoms with E-state index >= 15 is 0 Å². The minimum absolute atomic E-state index is 0.00622. The van der Waals surface area contributed by atoms with Crippen LogP contribution in [-0.2, 0) is 16.6 Å². The van der Waals surface area contributed by atoms with E-state index in [1.165, 1.54) is 18.5 Å². The minimum atomic E-state index is -3.56. The van der Waals surface area contributed by atoms with Crippen LogP contribution in [0.15, 0.2) is 60.9 Å². The van der Waals surface area contributed by atoms with E-state index in [9.17, 15) is 12.8 Å². The van der Waals surface area contributed by atoms with Gasteiger partial charge in [-0.25, -0.2) is 27.5 Å². The van der Waals surface area contributed by atoms with Gasteiger partial charge in [-0.2, -0.15) is 0 Å². The summed E-state index contributed by atoms with van der Waals surface area (Å²) in [5.41, 5.74) is 1.79. The van der Waals surface area contributed by atoms with Gasteiger partial charge in [-0.3, -0.25) is 0 Å². The molecule has 0 amide bonds. The van der Waals surface area contributed by atoms with Gasteiger partial charge in [-0.1, -0.05) is 0 Å². The van der Waals surface area contributed by atoms with E-state index < -0.39 is 10.0 Å². The Morgan fingerprint density at radius 2 is 1.69 bits per heavy atom. The Balaban J connectivity index is 1.53. The number of hydrogen-bond donors (Lipinski definition) is 1. The van der Waals surface area contributed by atoms with Crippen molar-refractivity contribution in [3.63, 3.8) is 0 Å². The number of sulfonamides is 1. The molecule has 0 unspecified atom stereocenters. The van der Waals surface area contributed by atoms with E-state index in [1.54, 1.807) is 49.6 Å². The summed E-state index contributed by atoms with van der Waals surface area (Å²) >= 11 is 0. The molecule has 0 fully saturated rings. The van der Waals surface area contributed by atoms with Crippen LogP contribution in [0.25, 0.3) is 11.3 Å². The van der Waals surface area contributed by atoms with Gasteiger partial charge in [0, 0.05) is 5.56 Å². The highest BCUT2D eigenvalue weighted by Gasteiger charge is 2.12. The molecule has 1 aromatic heterocycles. The molecule has 0 bridgehead atoms. The van der Waals surface area contributed by atoms with E-state index in [0.29, 0.717) is 28.5 Å². The van der Waals surface area contributed by atoms with Crippen molar-refractivity contribution >= 4 is 10.0 Å². The first-order valence-electron chi connectivity index (χ1n) is 8.76. The van der Waals surface area contributed by atoms with Crippen molar-refractivity contribution in [2.75, 3.05) is 19.5 Å². The van der Waals surface area contributed by atoms with E-state index in [0.717, 1.165) is 0 Å². The third-order valence-electron chi connectivity index (χ3n) is 4.02. The normalized spacial score (nSPS) is 11.2. The molecule has 3 rings (SSSR count). The summed E-state index contributed by atoms with van der Waals surface area (Å²) in [6, 6.07) is 14.4. The fraction of sp³-hybridized carbons (Fsp3) is 0.200. The first-order valence-corrected chi connectivity index (χ1v) is 10.4. The Morgan fingerprint density at radius 1 is 1.00 bits per heavy atom. The number of benzene rings is 2. The number of rotatable bonds is 9. The first-order chi connectivity index (χ1) is 13.9. The lowest BCUT2D eigenvalue weighted by Crippen LogP contribution is -2.29. The summed E-state index contributed by atoms with van der Waals surface area (Å²) in [5, 5.41) is 0. The van der Waals surface area contributed by atoms with Crippen molar-refractivity contribution in [3.05, 3.63) is 72.4 Å². The number of nitrogens with one attached hydrogen (secondary N) is 1. The fourth-order valence-corrected chi connectivity index (χ4v) is 3.28. The minimum Gasteiger partial charge on any atom is -0.497 e. The second-order valence-electron chi connectivity index (χ2n) is 6.07. The summed E-state index contributed by atoms with van der Waals surface area (Å²) in [6.07, 6.45) is 1.34. The third-order valence-corrected chi connectivity index (χ3v) is 5.31. The zero-order valence-electron chi connectivity index (χ0n) is 15.7. The van der Waals surface area contributed by atoms with Crippen molar-refractivity contribution in [1.29, 1.82) is 0 Å². The van der Waals surface area contributed by atoms with Gasteiger partial charge < -0.3 is 9.47 Å². The highest BCUT2D eigenvalue weighted by atomic mass is 32.2. The van der Waals surface area contributed by atoms with Crippen molar-refractivity contribution in [2.24, 2.45) is 0 Å². The van der Waals surface area contributed by atoms with Crippen LogP contribution in [0.4, 0.5) is 4.39 Å². The van der Waals surface area contributed by atoms with Gasteiger partial charge in [0.05, 0.1) is 30.8 Å². The predicted octanol–water partition coefficient (Wildman–Crippen LogP) is 2.79. The largest absolute Gasteiger partial charge is 0.497 e. The molecule has 9 heteroatoms. The molecule has 1 N–H and O–H groups in total. The van der Waals surface area contributed by atoms with Crippen LogP contribution >= 0.6 is 0 Å². The molecule has 1 heterocycles. The highest BCUT2D eigenvalue weighted by molar-refractivity contribution is 7.89. The molecule has 0 aliphatic heterocycles. The quantitative estimate of drug-likeness (QED) is 0.576. The van der Waals surface area contributed by atoms with Gasteiger partial charge in [0.2, 0.25) is 10.0 Å². The predicted molar refractivity (Wildman–Crippen MR) is 107 cm³/mol. The molecular weight excluding hydrogens is 397 g/mol. The summed E-state index contributed by atoms with van der Waals surface area (Å²) in [5.74, 6) is 0.708. The van der Waals surface area contributed by atoms with Gasteiger partial charge in [-0.15, -0.1) is 0 Å². The van der Waals surface area contributed by atoms with Crippen LogP contribution in [0.3, 0.4) is 0 Å². The highest BCUT2D eigenvalue weighted by Crippen LogP contribution is 2.18. The lowest BCUT2D eigenvalue weighted by molar-refractivity contribution is 0.339. The van der Waals surface area contributed by atoms with Crippen molar-refractivity contribution in [1.82, 2.24) is 14.7 Å². The Labute approximate surface area is 168 Å². The van der Waals surface area contributed by atoms with E-state index in [4.69, 9.17) is 9.47 Å². The summed E-state index contributed by atoms with van der Waals surface area (Å²) in [4.78, 5) is 8.21. The average molecular weight is 417 g/mol. The number of aromatic nitrogens is 2. The maximum Gasteiger partial charge on any atom is 0.215 e. The second kappa shape index (κ2) is 9.44. The van der Waals surface area contributed by atoms with Crippen molar-refractivity contribution < 1.29 is 22.3 Å². The first kappa shape index (κ1) is 20.7. The van der Waals surface area contributed by atoms with Crippen LogP contribution in [0, 0.1) is 5.82 Å². The summed E-state index contributed by atoms with van der Waals surface area (Å²) in [6.45, 7) is 0.0217. The van der Waals surface area contributed by atoms with Crippen LogP contribution in [-0.4, -0.2) is 37.9 Å². The van der Waals surface area contributed by atoms with Crippen molar-refractivity contribution in [2.45, 2.75) is 6.54 Å². The molecule has 29 heavy (non-hydrogen) atoms. The van der Waals surface area contributed by atoms with Crippen LogP contribution in [0.1, 0.15) is 5.69 Å². The molecule has 152 valence electrons. The molecule has 2 aromatic carbocycles. The van der Waals surface area contributed by atoms with Crippen LogP contribution < -0.4 is 14.2 Å². The molecule has 0 saturated carbocycles. The van der Waals surface area contributed by atoms with E-state index in [2.05, 4.69) is 14.7 Å². The summed E-state index contributed by atoms with van der Waals surface area (Å²) in [7, 11) is -1.99. The van der Waals surface area contributed by atoms with Gasteiger partial charge >= 0.3 is 0 Å². The van der Waals surface area contributed by atoms with Gasteiger partial charge in [-0.05, 0) is 54.6 Å². The standard InChI is InChI=1S/C20H20FN3O4S/c1-27-18-6-8-19(9-7-18)28-10-11-29(25,26)24-13-17-12-20(23-14-22-17)15-2-4-16(21)5-3-15/h2-9,12,14,24H,10-11,13H2,1H3. The maximum atomic E-state index is 13.1. The van der Waals surface area contributed by atoms with Gasteiger partial charge in [0.15, 0.2) is 0 Å². The summed E-state index contributed by atoms with van der Waals surface area (Å²) < 4.78 is 50.4. The van der Waals surface area contributed by atoms with E-state index in [1.807, 2.05) is 0 Å². The monoisotopic (exact) mass is 417 g/mol. The number of ether oxygens (including phenoxy) is 2. The zero-order chi connectivity index (χ0) is 20.7. The number of nitrogens with zero attached hydrogens (tertiary/aromatic N) is 2. The molecule has 0 atom stereocenters. The maximum absolute atomic E-state index is 13.1. The van der Waals surface area contributed by atoms with Gasteiger partial charge in [0.25, 0.3) is 0 Å². The van der Waals surface area contributed by atoms with Crippen LogP contribution in [0.2, 0.25) is 0 Å². The lowest BCUT2D eigenvalue weighted by atomic mass is 10.1. The SMILES string of the molecule is COc1ccc(OCCS(=O)(=O)NCc2cc(-c3ccc(F)cc3)ncn2)cc1. The van der Waals surface area contributed by atoms with Gasteiger partial charge in [0.1, 0.15) is 30.3 Å². The molecule has 0 aliphatic rings. The zero-order valence-corrected chi connectivity index (χ0v) is 16.5. The van der Waals surface area contributed by atoms with Crippen molar-refractivity contribution in [3.8, 4) is 22.8 Å². The Bertz CT molecular complexity index is 1040. The smallest absolute Gasteiger partial charge is 0.215 e. The second-order valence-corrected chi connectivity index (χ2v) is 7.99. The molecule has 0 aliphatic carbocycles. The van der Waals surface area contributed by atoms with Crippen LogP contribution in [0.5, 0.6) is 11.5 Å². The topological polar surface area (TPSA) is 90.4 Å². The molecule has 0 saturated heterocycles. The Morgan fingerprint density at radius 3 is 2.38 bits per heavy atom. The molecular formula is C20H20FN3O4S. The Kier molecular flexibility index (Phi) is 6.73. The molecule has 0 spiro atoms. The molecule has 3 aromatic rings. The number of methoxy groups -OCH3 is 1.